The normalized spacial score (nSPS) is 17.0. The van der Waals surface area contributed by atoms with E-state index in [-0.39, 0.29) is 18.1 Å². The molecule has 0 bridgehead atoms. The minimum absolute atomic E-state index is 0.0178. The lowest BCUT2D eigenvalue weighted by molar-refractivity contribution is 0.501. The van der Waals surface area contributed by atoms with Crippen molar-refractivity contribution in [1.29, 1.82) is 0 Å². The molecule has 4 heterocycles. The largest absolute Gasteiger partial charge is 0.341 e. The predicted molar refractivity (Wildman–Crippen MR) is 118 cm³/mol. The highest BCUT2D eigenvalue weighted by Gasteiger charge is 2.22. The average Bonchev–Trinajstić information content (AvgIpc) is 3.21. The van der Waals surface area contributed by atoms with Crippen LogP contribution >= 0.6 is 0 Å². The van der Waals surface area contributed by atoms with Crippen molar-refractivity contribution in [2.24, 2.45) is 12.8 Å². The van der Waals surface area contributed by atoms with Crippen LogP contribution in [0, 0.1) is 6.92 Å². The van der Waals surface area contributed by atoms with Gasteiger partial charge in [0.2, 0.25) is 5.95 Å². The van der Waals surface area contributed by atoms with Crippen LogP contribution in [0.2, 0.25) is 0 Å². The van der Waals surface area contributed by atoms with E-state index in [9.17, 15) is 9.59 Å². The first-order valence-corrected chi connectivity index (χ1v) is 10.3. The van der Waals surface area contributed by atoms with Gasteiger partial charge in [-0.2, -0.15) is 4.98 Å². The Morgan fingerprint density at radius 3 is 2.81 bits per heavy atom. The Morgan fingerprint density at radius 2 is 2.00 bits per heavy atom. The number of anilines is 1. The Kier molecular flexibility index (Phi) is 4.58. The second-order valence-electron chi connectivity index (χ2n) is 8.08. The molecule has 0 amide bonds. The van der Waals surface area contributed by atoms with Crippen molar-refractivity contribution in [1.82, 2.24) is 29.1 Å². The molecule has 31 heavy (non-hydrogen) atoms. The molecule has 1 aliphatic heterocycles. The van der Waals surface area contributed by atoms with Gasteiger partial charge in [-0.3, -0.25) is 13.9 Å². The molecule has 5 rings (SSSR count). The first kappa shape index (κ1) is 19.4. The van der Waals surface area contributed by atoms with Gasteiger partial charge in [0.05, 0.1) is 12.1 Å². The molecule has 160 valence electrons. The molecule has 1 aromatic carbocycles. The van der Waals surface area contributed by atoms with Crippen LogP contribution in [0.4, 0.5) is 5.95 Å². The van der Waals surface area contributed by atoms with Gasteiger partial charge in [0.1, 0.15) is 5.82 Å². The van der Waals surface area contributed by atoms with Crippen molar-refractivity contribution in [3.05, 3.63) is 56.6 Å². The van der Waals surface area contributed by atoms with Gasteiger partial charge in [-0.1, -0.05) is 18.2 Å². The summed E-state index contributed by atoms with van der Waals surface area (Å²) >= 11 is 0. The minimum Gasteiger partial charge on any atom is -0.341 e. The predicted octanol–water partition coefficient (Wildman–Crippen LogP) is 0.651. The minimum atomic E-state index is -0.458. The quantitative estimate of drug-likeness (QED) is 0.498. The molecule has 0 aliphatic carbocycles. The van der Waals surface area contributed by atoms with Gasteiger partial charge in [0.25, 0.3) is 5.56 Å². The first-order chi connectivity index (χ1) is 14.9. The molecule has 1 atom stereocenters. The molecule has 1 fully saturated rings. The molecule has 1 unspecified atom stereocenters. The van der Waals surface area contributed by atoms with E-state index < -0.39 is 11.2 Å². The maximum atomic E-state index is 13.2. The molecule has 0 spiro atoms. The van der Waals surface area contributed by atoms with Gasteiger partial charge in [-0.25, -0.2) is 14.8 Å². The Labute approximate surface area is 177 Å². The van der Waals surface area contributed by atoms with Crippen molar-refractivity contribution in [3.8, 4) is 0 Å². The van der Waals surface area contributed by atoms with Gasteiger partial charge < -0.3 is 15.6 Å². The summed E-state index contributed by atoms with van der Waals surface area (Å²) in [4.78, 5) is 44.9. The summed E-state index contributed by atoms with van der Waals surface area (Å²) in [6, 6.07) is 7.73. The number of hydrogen-bond donors (Lipinski definition) is 2. The van der Waals surface area contributed by atoms with Gasteiger partial charge >= 0.3 is 5.69 Å². The van der Waals surface area contributed by atoms with Crippen LogP contribution in [-0.4, -0.2) is 48.2 Å². The van der Waals surface area contributed by atoms with Crippen LogP contribution in [0.3, 0.4) is 0 Å². The fourth-order valence-corrected chi connectivity index (χ4v) is 4.24. The number of fused-ring (bicyclic) bond motifs is 2. The second-order valence-corrected chi connectivity index (χ2v) is 8.08. The molecule has 0 radical (unpaired) electrons. The van der Waals surface area contributed by atoms with Crippen LogP contribution < -0.4 is 21.9 Å². The van der Waals surface area contributed by atoms with Gasteiger partial charge in [0, 0.05) is 37.3 Å². The Balaban J connectivity index is 1.59. The van der Waals surface area contributed by atoms with E-state index >= 15 is 0 Å². The number of para-hydroxylation sites is 1. The standard InChI is InChI=1S/C21H24N8O2/c1-12-14-7-3-4-8-15(14)24-16(23-12)11-29-19(30)17-18(27(2)21(29)31)26-20(25-17)28-9-5-6-13(22)10-28/h3-4,7-8,13H,5-6,9-11,22H2,1-2H3,(H,25,26). The van der Waals surface area contributed by atoms with Crippen LogP contribution in [0.25, 0.3) is 22.1 Å². The molecule has 1 aliphatic rings. The fraction of sp³-hybridized carbons (Fsp3) is 0.381. The van der Waals surface area contributed by atoms with Crippen molar-refractivity contribution in [2.45, 2.75) is 32.4 Å². The number of rotatable bonds is 3. The summed E-state index contributed by atoms with van der Waals surface area (Å²) < 4.78 is 2.53. The molecule has 1 saturated heterocycles. The summed E-state index contributed by atoms with van der Waals surface area (Å²) in [7, 11) is 1.61. The van der Waals surface area contributed by atoms with Gasteiger partial charge in [-0.15, -0.1) is 0 Å². The van der Waals surface area contributed by atoms with Crippen LogP contribution in [0.1, 0.15) is 24.4 Å². The number of nitrogens with one attached hydrogen (secondary N) is 1. The summed E-state index contributed by atoms with van der Waals surface area (Å²) in [6.45, 7) is 3.34. The van der Waals surface area contributed by atoms with Gasteiger partial charge in [-0.05, 0) is 25.8 Å². The number of nitrogens with zero attached hydrogens (tertiary/aromatic N) is 6. The zero-order chi connectivity index (χ0) is 21.7. The number of imidazole rings is 1. The van der Waals surface area contributed by atoms with E-state index in [4.69, 9.17) is 5.73 Å². The molecule has 4 aromatic rings. The Morgan fingerprint density at radius 1 is 1.19 bits per heavy atom. The molecular formula is C21H24N8O2. The zero-order valence-electron chi connectivity index (χ0n) is 17.5. The monoisotopic (exact) mass is 420 g/mol. The third-order valence-corrected chi connectivity index (χ3v) is 5.86. The van der Waals surface area contributed by atoms with Crippen molar-refractivity contribution >= 4 is 28.0 Å². The highest BCUT2D eigenvalue weighted by Crippen LogP contribution is 2.18. The molecular weight excluding hydrogens is 396 g/mol. The molecule has 10 heteroatoms. The van der Waals surface area contributed by atoms with Crippen LogP contribution in [-0.2, 0) is 13.6 Å². The number of aromatic nitrogens is 6. The third kappa shape index (κ3) is 3.28. The van der Waals surface area contributed by atoms with E-state index in [0.29, 0.717) is 24.0 Å². The number of benzene rings is 1. The maximum Gasteiger partial charge on any atom is 0.332 e. The van der Waals surface area contributed by atoms with E-state index in [0.717, 1.165) is 40.6 Å². The van der Waals surface area contributed by atoms with Crippen LogP contribution in [0.15, 0.2) is 33.9 Å². The highest BCUT2D eigenvalue weighted by atomic mass is 16.2. The number of H-pyrrole nitrogens is 1. The van der Waals surface area contributed by atoms with Crippen molar-refractivity contribution in [2.75, 3.05) is 18.0 Å². The maximum absolute atomic E-state index is 13.2. The van der Waals surface area contributed by atoms with E-state index in [1.54, 1.807) is 7.05 Å². The SMILES string of the molecule is Cc1nc(Cn2c(=O)c3[nH]c(N4CCCC(N)C4)nc3n(C)c2=O)nc2ccccc12. The lowest BCUT2D eigenvalue weighted by Gasteiger charge is -2.30. The van der Waals surface area contributed by atoms with Crippen molar-refractivity contribution in [3.63, 3.8) is 0 Å². The number of hydrogen-bond acceptors (Lipinski definition) is 7. The molecule has 0 saturated carbocycles. The molecule has 10 nitrogen and oxygen atoms in total. The number of aryl methyl sites for hydroxylation is 2. The van der Waals surface area contributed by atoms with E-state index in [1.807, 2.05) is 36.1 Å². The second kappa shape index (κ2) is 7.31. The van der Waals surface area contributed by atoms with Crippen LogP contribution in [0.5, 0.6) is 0 Å². The highest BCUT2D eigenvalue weighted by molar-refractivity contribution is 5.80. The lowest BCUT2D eigenvalue weighted by Crippen LogP contribution is -2.43. The summed E-state index contributed by atoms with van der Waals surface area (Å²) in [5.74, 6) is 0.976. The smallest absolute Gasteiger partial charge is 0.332 e. The van der Waals surface area contributed by atoms with E-state index in [2.05, 4.69) is 19.9 Å². The molecule has 3 aromatic heterocycles. The van der Waals surface area contributed by atoms with Gasteiger partial charge in [0.15, 0.2) is 11.2 Å². The Hall–Kier alpha value is -3.53. The van der Waals surface area contributed by atoms with E-state index in [1.165, 1.54) is 4.57 Å². The number of aromatic amines is 1. The average molecular weight is 420 g/mol. The summed E-state index contributed by atoms with van der Waals surface area (Å²) in [6.07, 6.45) is 1.92. The topological polar surface area (TPSA) is 128 Å². The molecule has 3 N–H and O–H groups in total. The summed E-state index contributed by atoms with van der Waals surface area (Å²) in [5, 5.41) is 0.944. The Bertz CT molecular complexity index is 1420. The number of piperidine rings is 1. The van der Waals surface area contributed by atoms with Crippen molar-refractivity contribution < 1.29 is 0 Å². The fourth-order valence-electron chi connectivity index (χ4n) is 4.24. The third-order valence-electron chi connectivity index (χ3n) is 5.86. The first-order valence-electron chi connectivity index (χ1n) is 10.3. The number of nitrogens with two attached hydrogens (primary N) is 1. The zero-order valence-corrected chi connectivity index (χ0v) is 17.5. The summed E-state index contributed by atoms with van der Waals surface area (Å²) in [5.41, 5.74) is 7.39. The lowest BCUT2D eigenvalue weighted by atomic mass is 10.1.